The molecule has 6 nitrogen and oxygen atoms in total. The first-order valence-electron chi connectivity index (χ1n) is 8.01. The molecule has 1 unspecified atom stereocenters. The Balaban J connectivity index is 1.90. The van der Waals surface area contributed by atoms with Gasteiger partial charge < -0.3 is 14.6 Å². The van der Waals surface area contributed by atoms with E-state index in [1.807, 2.05) is 39.0 Å². The maximum Gasteiger partial charge on any atom is 0.308 e. The van der Waals surface area contributed by atoms with Crippen molar-refractivity contribution in [2.45, 2.75) is 46.8 Å². The van der Waals surface area contributed by atoms with E-state index in [1.165, 1.54) is 11.5 Å². The molecule has 1 aromatic heterocycles. The summed E-state index contributed by atoms with van der Waals surface area (Å²) in [6, 6.07) is 5.72. The highest BCUT2D eigenvalue weighted by atomic mass is 32.1. The number of rotatable bonds is 6. The van der Waals surface area contributed by atoms with E-state index in [4.69, 9.17) is 4.74 Å². The summed E-state index contributed by atoms with van der Waals surface area (Å²) < 4.78 is 6.70. The molecule has 0 fully saturated rings. The van der Waals surface area contributed by atoms with Crippen molar-refractivity contribution >= 4 is 28.9 Å². The van der Waals surface area contributed by atoms with Gasteiger partial charge in [-0.05, 0) is 38.8 Å². The van der Waals surface area contributed by atoms with Crippen LogP contribution in [0.1, 0.15) is 30.2 Å². The van der Waals surface area contributed by atoms with Crippen LogP contribution in [-0.4, -0.2) is 22.5 Å². The van der Waals surface area contributed by atoms with Gasteiger partial charge in [0.2, 0.25) is 0 Å². The van der Waals surface area contributed by atoms with E-state index in [-0.39, 0.29) is 23.7 Å². The Labute approximate surface area is 150 Å². The van der Waals surface area contributed by atoms with Gasteiger partial charge in [-0.2, -0.15) is 0 Å². The van der Waals surface area contributed by atoms with Crippen LogP contribution >= 0.6 is 11.3 Å². The average Bonchev–Trinajstić information content (AvgIpc) is 2.87. The second-order valence-electron chi connectivity index (χ2n) is 5.93. The molecule has 0 bridgehead atoms. The number of hydrogen-bond donors (Lipinski definition) is 1. The molecule has 1 amide bonds. The maximum atomic E-state index is 12.3. The van der Waals surface area contributed by atoms with Gasteiger partial charge in [0.15, 0.2) is 6.10 Å². The zero-order valence-electron chi connectivity index (χ0n) is 14.8. The van der Waals surface area contributed by atoms with Crippen LogP contribution in [0.3, 0.4) is 0 Å². The first-order valence-corrected chi connectivity index (χ1v) is 8.89. The number of carbonyl (C=O) groups is 2. The highest BCUT2D eigenvalue weighted by molar-refractivity contribution is 7.07. The lowest BCUT2D eigenvalue weighted by atomic mass is 10.1. The third-order valence-corrected chi connectivity index (χ3v) is 4.80. The summed E-state index contributed by atoms with van der Waals surface area (Å²) in [5.74, 6) is -0.892. The van der Waals surface area contributed by atoms with E-state index in [0.29, 0.717) is 0 Å². The number of thiazole rings is 1. The Kier molecular flexibility index (Phi) is 6.14. The number of carbonyl (C=O) groups excluding carboxylic acids is 2. The van der Waals surface area contributed by atoms with Crippen LogP contribution < -0.4 is 10.2 Å². The fourth-order valence-corrected chi connectivity index (χ4v) is 3.18. The Hall–Kier alpha value is -2.41. The number of esters is 1. The van der Waals surface area contributed by atoms with Gasteiger partial charge in [-0.25, -0.2) is 0 Å². The number of para-hydroxylation sites is 1. The molecule has 0 spiro atoms. The number of nitrogens with zero attached hydrogens (tertiary/aromatic N) is 1. The van der Waals surface area contributed by atoms with Crippen LogP contribution in [0.2, 0.25) is 0 Å². The monoisotopic (exact) mass is 362 g/mol. The Bertz CT molecular complexity index is 818. The highest BCUT2D eigenvalue weighted by Crippen LogP contribution is 2.19. The predicted molar refractivity (Wildman–Crippen MR) is 98.0 cm³/mol. The largest absolute Gasteiger partial charge is 0.452 e. The van der Waals surface area contributed by atoms with Crippen LogP contribution in [0, 0.1) is 20.8 Å². The lowest BCUT2D eigenvalue weighted by Gasteiger charge is -2.16. The van der Waals surface area contributed by atoms with Gasteiger partial charge in [0.25, 0.3) is 5.91 Å². The van der Waals surface area contributed by atoms with Crippen molar-refractivity contribution in [2.75, 3.05) is 5.32 Å². The quantitative estimate of drug-likeness (QED) is 0.802. The normalized spacial score (nSPS) is 11.8. The highest BCUT2D eigenvalue weighted by Gasteiger charge is 2.19. The molecule has 0 saturated carbocycles. The molecule has 134 valence electrons. The molecule has 2 aromatic rings. The topological polar surface area (TPSA) is 77.4 Å². The SMILES string of the molecule is Cc1cccc(C)c1NC(=O)C(C)OC(=O)CCn1c(C)csc1=O. The van der Waals surface area contributed by atoms with Gasteiger partial charge in [-0.3, -0.25) is 14.4 Å². The molecule has 1 N–H and O–H groups in total. The zero-order chi connectivity index (χ0) is 18.6. The van der Waals surface area contributed by atoms with Crippen molar-refractivity contribution in [2.24, 2.45) is 0 Å². The van der Waals surface area contributed by atoms with Crippen LogP contribution in [0.25, 0.3) is 0 Å². The van der Waals surface area contributed by atoms with Gasteiger partial charge in [-0.15, -0.1) is 0 Å². The smallest absolute Gasteiger partial charge is 0.308 e. The van der Waals surface area contributed by atoms with Crippen LogP contribution in [0.4, 0.5) is 5.69 Å². The standard InChI is InChI=1S/C18H22N2O4S/c1-11-6-5-7-12(2)16(11)19-17(22)14(4)24-15(21)8-9-20-13(3)10-25-18(20)23/h5-7,10,14H,8-9H2,1-4H3,(H,19,22). The van der Waals surface area contributed by atoms with Gasteiger partial charge >= 0.3 is 10.8 Å². The third kappa shape index (κ3) is 4.79. The molecule has 1 heterocycles. The Morgan fingerprint density at radius 3 is 2.44 bits per heavy atom. The molecule has 0 aliphatic rings. The Morgan fingerprint density at radius 2 is 1.88 bits per heavy atom. The van der Waals surface area contributed by atoms with Crippen molar-refractivity contribution in [1.29, 1.82) is 0 Å². The van der Waals surface area contributed by atoms with Crippen LogP contribution in [-0.2, 0) is 20.9 Å². The molecule has 0 aliphatic carbocycles. The lowest BCUT2D eigenvalue weighted by Crippen LogP contribution is -2.31. The average molecular weight is 362 g/mol. The van der Waals surface area contributed by atoms with Gasteiger partial charge in [-0.1, -0.05) is 29.5 Å². The second kappa shape index (κ2) is 8.11. The molecule has 0 aliphatic heterocycles. The molecule has 1 atom stereocenters. The first-order chi connectivity index (χ1) is 11.8. The van der Waals surface area contributed by atoms with Gasteiger partial charge in [0, 0.05) is 23.3 Å². The van der Waals surface area contributed by atoms with E-state index in [9.17, 15) is 14.4 Å². The van der Waals surface area contributed by atoms with Crippen molar-refractivity contribution < 1.29 is 14.3 Å². The summed E-state index contributed by atoms with van der Waals surface area (Å²) in [5.41, 5.74) is 3.43. The summed E-state index contributed by atoms with van der Waals surface area (Å²) >= 11 is 1.10. The minimum Gasteiger partial charge on any atom is -0.452 e. The summed E-state index contributed by atoms with van der Waals surface area (Å²) in [4.78, 5) is 35.7. The van der Waals surface area contributed by atoms with Crippen molar-refractivity contribution in [3.05, 3.63) is 50.1 Å². The fourth-order valence-electron chi connectivity index (χ4n) is 2.42. The number of hydrogen-bond acceptors (Lipinski definition) is 5. The number of amides is 1. The summed E-state index contributed by atoms with van der Waals surface area (Å²) in [7, 11) is 0. The molecule has 0 saturated heterocycles. The van der Waals surface area contributed by atoms with Crippen LogP contribution in [0.5, 0.6) is 0 Å². The minimum atomic E-state index is -0.910. The molecular formula is C18H22N2O4S. The fraction of sp³-hybridized carbons (Fsp3) is 0.389. The van der Waals surface area contributed by atoms with E-state index < -0.39 is 12.1 Å². The molecule has 25 heavy (non-hydrogen) atoms. The number of aryl methyl sites for hydroxylation is 3. The lowest BCUT2D eigenvalue weighted by molar-refractivity contribution is -0.153. The number of aromatic nitrogens is 1. The zero-order valence-corrected chi connectivity index (χ0v) is 15.6. The first kappa shape index (κ1) is 18.9. The van der Waals surface area contributed by atoms with Crippen LogP contribution in [0.15, 0.2) is 28.4 Å². The summed E-state index contributed by atoms with van der Waals surface area (Å²) in [5, 5.41) is 4.55. The molecule has 2 rings (SSSR count). The summed E-state index contributed by atoms with van der Waals surface area (Å²) in [6.07, 6.45) is -0.870. The predicted octanol–water partition coefficient (Wildman–Crippen LogP) is 2.80. The molecule has 1 aromatic carbocycles. The summed E-state index contributed by atoms with van der Waals surface area (Å²) in [6.45, 7) is 7.39. The van der Waals surface area contributed by atoms with E-state index >= 15 is 0 Å². The molecule has 7 heteroatoms. The van der Waals surface area contributed by atoms with E-state index in [0.717, 1.165) is 33.8 Å². The second-order valence-corrected chi connectivity index (χ2v) is 6.75. The third-order valence-electron chi connectivity index (χ3n) is 3.92. The van der Waals surface area contributed by atoms with E-state index in [1.54, 1.807) is 5.38 Å². The number of nitrogens with one attached hydrogen (secondary N) is 1. The van der Waals surface area contributed by atoms with Gasteiger partial charge in [0.05, 0.1) is 6.42 Å². The number of benzene rings is 1. The van der Waals surface area contributed by atoms with Gasteiger partial charge in [0.1, 0.15) is 0 Å². The molecule has 0 radical (unpaired) electrons. The van der Waals surface area contributed by atoms with Crippen molar-refractivity contribution in [3.63, 3.8) is 0 Å². The molecular weight excluding hydrogens is 340 g/mol. The van der Waals surface area contributed by atoms with E-state index in [2.05, 4.69) is 5.32 Å². The Morgan fingerprint density at radius 1 is 1.24 bits per heavy atom. The number of anilines is 1. The van der Waals surface area contributed by atoms with Crippen molar-refractivity contribution in [3.8, 4) is 0 Å². The number of ether oxygens (including phenoxy) is 1. The maximum absolute atomic E-state index is 12.3. The van der Waals surface area contributed by atoms with Crippen molar-refractivity contribution in [1.82, 2.24) is 4.57 Å². The minimum absolute atomic E-state index is 0.0402.